The van der Waals surface area contributed by atoms with Gasteiger partial charge in [0.1, 0.15) is 0 Å². The summed E-state index contributed by atoms with van der Waals surface area (Å²) in [4.78, 5) is 0. The summed E-state index contributed by atoms with van der Waals surface area (Å²) in [5.74, 6) is 0. The van der Waals surface area contributed by atoms with E-state index in [1.807, 2.05) is 24.3 Å². The van der Waals surface area contributed by atoms with Gasteiger partial charge in [-0.05, 0) is 24.1 Å². The summed E-state index contributed by atoms with van der Waals surface area (Å²) in [5.41, 5.74) is 6.34. The predicted molar refractivity (Wildman–Crippen MR) is 58.8 cm³/mol. The lowest BCUT2D eigenvalue weighted by Gasteiger charge is -2.14. The van der Waals surface area contributed by atoms with Crippen molar-refractivity contribution in [3.8, 4) is 0 Å². The van der Waals surface area contributed by atoms with E-state index in [0.29, 0.717) is 6.42 Å². The van der Waals surface area contributed by atoms with Crippen molar-refractivity contribution in [1.82, 2.24) is 0 Å². The van der Waals surface area contributed by atoms with Gasteiger partial charge in [-0.2, -0.15) is 0 Å². The highest BCUT2D eigenvalue weighted by Crippen LogP contribution is 2.19. The first kappa shape index (κ1) is 11.7. The Hall–Kier alpha value is -0.420. The van der Waals surface area contributed by atoms with Gasteiger partial charge in [0.05, 0.1) is 12.7 Å². The number of nitrogens with two attached hydrogens (primary N) is 1. The van der Waals surface area contributed by atoms with Gasteiger partial charge in [-0.1, -0.05) is 28.1 Å². The van der Waals surface area contributed by atoms with Crippen LogP contribution in [0, 0.1) is 0 Å². The Kier molecular flexibility index (Phi) is 4.54. The molecular formula is C10H14BrNO2. The molecule has 0 radical (unpaired) electrons. The highest BCUT2D eigenvalue weighted by molar-refractivity contribution is 9.10. The normalized spacial score (nSPS) is 15.1. The summed E-state index contributed by atoms with van der Waals surface area (Å²) < 4.78 is 0.972. The molecule has 1 aromatic carbocycles. The molecule has 0 aliphatic carbocycles. The molecule has 4 N–H and O–H groups in total. The molecular weight excluding hydrogens is 246 g/mol. The molecule has 0 unspecified atom stereocenters. The van der Waals surface area contributed by atoms with Crippen molar-refractivity contribution in [1.29, 1.82) is 0 Å². The first-order valence-corrected chi connectivity index (χ1v) is 5.22. The molecule has 0 saturated carbocycles. The van der Waals surface area contributed by atoms with Crippen LogP contribution in [-0.2, 0) is 0 Å². The van der Waals surface area contributed by atoms with E-state index in [0.717, 1.165) is 10.0 Å². The first-order chi connectivity index (χ1) is 6.63. The molecule has 0 fully saturated rings. The van der Waals surface area contributed by atoms with E-state index in [2.05, 4.69) is 15.9 Å². The van der Waals surface area contributed by atoms with Gasteiger partial charge in [0, 0.05) is 10.5 Å². The average molecular weight is 260 g/mol. The van der Waals surface area contributed by atoms with Crippen LogP contribution < -0.4 is 5.73 Å². The number of hydrogen-bond donors (Lipinski definition) is 3. The summed E-state index contributed by atoms with van der Waals surface area (Å²) in [6, 6.07) is 7.03. The molecule has 0 amide bonds. The van der Waals surface area contributed by atoms with Crippen molar-refractivity contribution in [2.45, 2.75) is 18.6 Å². The van der Waals surface area contributed by atoms with Gasteiger partial charge in [-0.15, -0.1) is 0 Å². The van der Waals surface area contributed by atoms with Crippen molar-refractivity contribution >= 4 is 15.9 Å². The highest BCUT2D eigenvalue weighted by Gasteiger charge is 2.11. The monoisotopic (exact) mass is 259 g/mol. The maximum atomic E-state index is 9.71. The zero-order chi connectivity index (χ0) is 10.6. The van der Waals surface area contributed by atoms with E-state index in [1.165, 1.54) is 0 Å². The molecule has 1 rings (SSSR count). The second kappa shape index (κ2) is 5.46. The van der Waals surface area contributed by atoms with Crippen LogP contribution >= 0.6 is 15.9 Å². The van der Waals surface area contributed by atoms with Crippen molar-refractivity contribution in [3.05, 3.63) is 34.3 Å². The van der Waals surface area contributed by atoms with Crippen LogP contribution in [-0.4, -0.2) is 22.9 Å². The quantitative estimate of drug-likeness (QED) is 0.761. The van der Waals surface area contributed by atoms with E-state index in [4.69, 9.17) is 10.8 Å². The Morgan fingerprint density at radius 3 is 2.36 bits per heavy atom. The lowest BCUT2D eigenvalue weighted by molar-refractivity contribution is 0.140. The fourth-order valence-corrected chi connectivity index (χ4v) is 1.45. The van der Waals surface area contributed by atoms with Gasteiger partial charge in [-0.3, -0.25) is 0 Å². The SMILES string of the molecule is N[C@H](CO)C[C@H](O)c1ccc(Br)cc1. The molecule has 0 aliphatic rings. The fraction of sp³-hybridized carbons (Fsp3) is 0.400. The summed E-state index contributed by atoms with van der Waals surface area (Å²) in [6.07, 6.45) is -0.233. The number of aliphatic hydroxyl groups is 2. The third kappa shape index (κ3) is 3.38. The van der Waals surface area contributed by atoms with Gasteiger partial charge >= 0.3 is 0 Å². The van der Waals surface area contributed by atoms with E-state index < -0.39 is 6.10 Å². The maximum absolute atomic E-state index is 9.71. The standard InChI is InChI=1S/C10H14BrNO2/c11-8-3-1-7(2-4-8)10(14)5-9(12)6-13/h1-4,9-10,13-14H,5-6,12H2/t9-,10-/m0/s1. The van der Waals surface area contributed by atoms with Crippen LogP contribution in [0.3, 0.4) is 0 Å². The molecule has 78 valence electrons. The number of rotatable bonds is 4. The Bertz CT molecular complexity index is 276. The minimum absolute atomic E-state index is 0.104. The van der Waals surface area contributed by atoms with E-state index in [-0.39, 0.29) is 12.6 Å². The zero-order valence-corrected chi connectivity index (χ0v) is 9.31. The molecule has 0 aliphatic heterocycles. The summed E-state index contributed by atoms with van der Waals surface area (Å²) in [7, 11) is 0. The highest BCUT2D eigenvalue weighted by atomic mass is 79.9. The zero-order valence-electron chi connectivity index (χ0n) is 7.73. The van der Waals surface area contributed by atoms with Gasteiger partial charge in [0.25, 0.3) is 0 Å². The van der Waals surface area contributed by atoms with E-state index in [1.54, 1.807) is 0 Å². The van der Waals surface area contributed by atoms with Crippen molar-refractivity contribution in [3.63, 3.8) is 0 Å². The van der Waals surface area contributed by atoms with Gasteiger partial charge in [-0.25, -0.2) is 0 Å². The number of hydrogen-bond acceptors (Lipinski definition) is 3. The fourth-order valence-electron chi connectivity index (χ4n) is 1.18. The summed E-state index contributed by atoms with van der Waals surface area (Å²) >= 11 is 3.31. The van der Waals surface area contributed by atoms with Crippen LogP contribution in [0.15, 0.2) is 28.7 Å². The lowest BCUT2D eigenvalue weighted by atomic mass is 10.0. The molecule has 2 atom stereocenters. The summed E-state index contributed by atoms with van der Waals surface area (Å²) in [6.45, 7) is -0.104. The second-order valence-electron chi connectivity index (χ2n) is 3.25. The molecule has 0 aromatic heterocycles. The van der Waals surface area contributed by atoms with Gasteiger partial charge in [0.15, 0.2) is 0 Å². The van der Waals surface area contributed by atoms with Crippen LogP contribution in [0.4, 0.5) is 0 Å². The maximum Gasteiger partial charge on any atom is 0.0805 e. The molecule has 4 heteroatoms. The van der Waals surface area contributed by atoms with Crippen LogP contribution in [0.2, 0.25) is 0 Å². The Labute approximate surface area is 91.7 Å². The number of aliphatic hydroxyl groups excluding tert-OH is 2. The molecule has 0 bridgehead atoms. The smallest absolute Gasteiger partial charge is 0.0805 e. The second-order valence-corrected chi connectivity index (χ2v) is 4.16. The van der Waals surface area contributed by atoms with Crippen LogP contribution in [0.1, 0.15) is 18.1 Å². The Morgan fingerprint density at radius 1 is 1.29 bits per heavy atom. The molecule has 0 saturated heterocycles. The van der Waals surface area contributed by atoms with Crippen molar-refractivity contribution in [2.24, 2.45) is 5.73 Å². The minimum atomic E-state index is -0.606. The van der Waals surface area contributed by atoms with Crippen molar-refractivity contribution < 1.29 is 10.2 Å². The average Bonchev–Trinajstić information content (AvgIpc) is 2.18. The Balaban J connectivity index is 2.60. The molecule has 0 spiro atoms. The summed E-state index contributed by atoms with van der Waals surface area (Å²) in [5, 5.41) is 18.4. The molecule has 0 heterocycles. The number of halogens is 1. The van der Waals surface area contributed by atoms with E-state index in [9.17, 15) is 5.11 Å². The van der Waals surface area contributed by atoms with Gasteiger partial charge in [0.2, 0.25) is 0 Å². The lowest BCUT2D eigenvalue weighted by Crippen LogP contribution is -2.26. The molecule has 14 heavy (non-hydrogen) atoms. The first-order valence-electron chi connectivity index (χ1n) is 4.43. The van der Waals surface area contributed by atoms with E-state index >= 15 is 0 Å². The third-order valence-corrected chi connectivity index (χ3v) is 2.54. The largest absolute Gasteiger partial charge is 0.395 e. The van der Waals surface area contributed by atoms with Crippen LogP contribution in [0.5, 0.6) is 0 Å². The third-order valence-electron chi connectivity index (χ3n) is 2.02. The number of benzene rings is 1. The molecule has 1 aromatic rings. The Morgan fingerprint density at radius 2 is 1.86 bits per heavy atom. The van der Waals surface area contributed by atoms with Crippen molar-refractivity contribution in [2.75, 3.05) is 6.61 Å². The minimum Gasteiger partial charge on any atom is -0.395 e. The van der Waals surface area contributed by atoms with Crippen LogP contribution in [0.25, 0.3) is 0 Å². The van der Waals surface area contributed by atoms with Gasteiger partial charge < -0.3 is 15.9 Å². The topological polar surface area (TPSA) is 66.5 Å². The molecule has 3 nitrogen and oxygen atoms in total. The predicted octanol–water partition coefficient (Wildman–Crippen LogP) is 1.19.